The number of nitrogens with one attached hydrogen (secondary N) is 1. The minimum Gasteiger partial charge on any atom is -0.500 e. The first-order valence-corrected chi connectivity index (χ1v) is 10.6. The van der Waals surface area contributed by atoms with E-state index in [0.717, 1.165) is 62.9 Å². The number of hydrogen-bond acceptors (Lipinski definition) is 4. The van der Waals surface area contributed by atoms with Gasteiger partial charge in [-0.1, -0.05) is 26.7 Å². The first kappa shape index (κ1) is 19.8. The van der Waals surface area contributed by atoms with Crippen molar-refractivity contribution in [3.05, 3.63) is 23.7 Å². The van der Waals surface area contributed by atoms with Crippen molar-refractivity contribution in [1.29, 1.82) is 0 Å². The van der Waals surface area contributed by atoms with Crippen LogP contribution in [-0.2, 0) is 9.47 Å². The Morgan fingerprint density at radius 2 is 1.62 bits per heavy atom. The Hall–Kier alpha value is -1.00. The molecule has 0 saturated carbocycles. The Balaban J connectivity index is 1.88. The highest BCUT2D eigenvalue weighted by Gasteiger charge is 2.49. The summed E-state index contributed by atoms with van der Waals surface area (Å²) in [5, 5.41) is 3.49. The fraction of sp³-hybridized carbons (Fsp3) is 0.818. The van der Waals surface area contributed by atoms with Crippen molar-refractivity contribution in [2.45, 2.75) is 64.8 Å². The fourth-order valence-electron chi connectivity index (χ4n) is 5.55. The molecule has 0 unspecified atom stereocenters. The molecule has 0 aromatic carbocycles. The van der Waals surface area contributed by atoms with Crippen LogP contribution in [0.4, 0.5) is 0 Å². The van der Waals surface area contributed by atoms with Crippen LogP contribution in [0.25, 0.3) is 0 Å². The summed E-state index contributed by atoms with van der Waals surface area (Å²) in [7, 11) is 3.69. The zero-order chi connectivity index (χ0) is 18.6. The Labute approximate surface area is 160 Å². The van der Waals surface area contributed by atoms with Gasteiger partial charge < -0.3 is 14.8 Å². The lowest BCUT2D eigenvalue weighted by Gasteiger charge is -2.42. The van der Waals surface area contributed by atoms with E-state index in [1.807, 2.05) is 14.2 Å². The molecule has 0 radical (unpaired) electrons. The van der Waals surface area contributed by atoms with E-state index in [2.05, 4.69) is 36.2 Å². The lowest BCUT2D eigenvalue weighted by molar-refractivity contribution is 0.0925. The maximum absolute atomic E-state index is 6.02. The molecule has 1 spiro atoms. The van der Waals surface area contributed by atoms with Crippen molar-refractivity contribution in [3.8, 4) is 0 Å². The van der Waals surface area contributed by atoms with E-state index in [4.69, 9.17) is 9.47 Å². The van der Waals surface area contributed by atoms with Crippen LogP contribution in [0.5, 0.6) is 0 Å². The largest absolute Gasteiger partial charge is 0.500 e. The molecule has 3 rings (SSSR count). The SMILES string of the molecule is CCCC1(CCC)C(OC)=CC2(C=C1OC)CCN(C1CCNCC1)C2. The maximum Gasteiger partial charge on any atom is 0.106 e. The Morgan fingerprint density at radius 1 is 1.04 bits per heavy atom. The topological polar surface area (TPSA) is 33.7 Å². The summed E-state index contributed by atoms with van der Waals surface area (Å²) >= 11 is 0. The second-order valence-electron chi connectivity index (χ2n) is 8.44. The highest BCUT2D eigenvalue weighted by Crippen LogP contribution is 2.53. The third-order valence-corrected chi connectivity index (χ3v) is 6.76. The maximum atomic E-state index is 6.02. The van der Waals surface area contributed by atoms with Crippen molar-refractivity contribution in [3.63, 3.8) is 0 Å². The Kier molecular flexibility index (Phi) is 6.34. The van der Waals surface area contributed by atoms with Gasteiger partial charge in [0.25, 0.3) is 0 Å². The van der Waals surface area contributed by atoms with Crippen LogP contribution in [0, 0.1) is 10.8 Å². The van der Waals surface area contributed by atoms with Crippen LogP contribution in [0.2, 0.25) is 0 Å². The standard InChI is InChI=1S/C22H38N2O2/c1-5-9-22(10-6-2)19(25-3)15-21(16-20(22)26-4)11-14-24(17-21)18-7-12-23-13-8-18/h15-16,18,23H,5-14,17H2,1-4H3. The molecule has 0 atom stereocenters. The average Bonchev–Trinajstić information content (AvgIpc) is 3.08. The van der Waals surface area contributed by atoms with Gasteiger partial charge >= 0.3 is 0 Å². The molecular weight excluding hydrogens is 324 g/mol. The van der Waals surface area contributed by atoms with Crippen molar-refractivity contribution in [2.75, 3.05) is 40.4 Å². The van der Waals surface area contributed by atoms with E-state index in [1.165, 1.54) is 25.8 Å². The van der Waals surface area contributed by atoms with E-state index < -0.39 is 0 Å². The van der Waals surface area contributed by atoms with Crippen molar-refractivity contribution in [1.82, 2.24) is 10.2 Å². The molecule has 4 nitrogen and oxygen atoms in total. The normalized spacial score (nSPS) is 25.8. The predicted octanol–water partition coefficient (Wildman–Crippen LogP) is 4.09. The lowest BCUT2D eigenvalue weighted by atomic mass is 9.67. The fourth-order valence-corrected chi connectivity index (χ4v) is 5.55. The molecule has 2 aliphatic heterocycles. The lowest BCUT2D eigenvalue weighted by Crippen LogP contribution is -2.43. The van der Waals surface area contributed by atoms with Crippen LogP contribution in [-0.4, -0.2) is 51.3 Å². The van der Waals surface area contributed by atoms with Gasteiger partial charge in [-0.15, -0.1) is 0 Å². The van der Waals surface area contributed by atoms with Gasteiger partial charge in [-0.2, -0.15) is 0 Å². The molecule has 0 aromatic heterocycles. The minimum atomic E-state index is -0.0690. The smallest absolute Gasteiger partial charge is 0.106 e. The van der Waals surface area contributed by atoms with Crippen molar-refractivity contribution < 1.29 is 9.47 Å². The highest BCUT2D eigenvalue weighted by atomic mass is 16.5. The van der Waals surface area contributed by atoms with Crippen LogP contribution in [0.1, 0.15) is 58.8 Å². The summed E-state index contributed by atoms with van der Waals surface area (Å²) in [6.07, 6.45) is 13.1. The molecule has 0 bridgehead atoms. The zero-order valence-electron chi connectivity index (χ0n) is 17.3. The van der Waals surface area contributed by atoms with Crippen LogP contribution < -0.4 is 5.32 Å². The van der Waals surface area contributed by atoms with Crippen LogP contribution in [0.3, 0.4) is 0 Å². The number of methoxy groups -OCH3 is 2. The second-order valence-corrected chi connectivity index (χ2v) is 8.44. The summed E-state index contributed by atoms with van der Waals surface area (Å²) in [6, 6.07) is 0.729. The number of piperidine rings is 1. The molecule has 4 heteroatoms. The van der Waals surface area contributed by atoms with Gasteiger partial charge in [0.2, 0.25) is 0 Å². The third-order valence-electron chi connectivity index (χ3n) is 6.76. The third kappa shape index (κ3) is 3.55. The molecular formula is C22H38N2O2. The monoisotopic (exact) mass is 362 g/mol. The quantitative estimate of drug-likeness (QED) is 0.739. The highest BCUT2D eigenvalue weighted by molar-refractivity contribution is 5.35. The molecule has 2 saturated heterocycles. The Bertz CT molecular complexity index is 504. The van der Waals surface area contributed by atoms with E-state index in [0.29, 0.717) is 0 Å². The molecule has 26 heavy (non-hydrogen) atoms. The number of likely N-dealkylation sites (tertiary alicyclic amines) is 1. The van der Waals surface area contributed by atoms with E-state index in [9.17, 15) is 0 Å². The molecule has 3 aliphatic rings. The number of nitrogens with zero attached hydrogens (tertiary/aromatic N) is 1. The van der Waals surface area contributed by atoms with Gasteiger partial charge in [0.15, 0.2) is 0 Å². The van der Waals surface area contributed by atoms with E-state index in [1.54, 1.807) is 0 Å². The average molecular weight is 363 g/mol. The summed E-state index contributed by atoms with van der Waals surface area (Å²) in [5.41, 5.74) is 0.00692. The van der Waals surface area contributed by atoms with Gasteiger partial charge in [-0.05, 0) is 63.9 Å². The minimum absolute atomic E-state index is 0.0690. The van der Waals surface area contributed by atoms with Gasteiger partial charge in [-0.3, -0.25) is 4.90 Å². The molecule has 1 N–H and O–H groups in total. The first-order valence-electron chi connectivity index (χ1n) is 10.6. The zero-order valence-corrected chi connectivity index (χ0v) is 17.3. The van der Waals surface area contributed by atoms with Crippen molar-refractivity contribution in [2.24, 2.45) is 10.8 Å². The van der Waals surface area contributed by atoms with Gasteiger partial charge in [-0.25, -0.2) is 0 Å². The molecule has 2 fully saturated rings. The number of hydrogen-bond donors (Lipinski definition) is 1. The summed E-state index contributed by atoms with van der Waals surface area (Å²) < 4.78 is 12.0. The van der Waals surface area contributed by atoms with Gasteiger partial charge in [0.1, 0.15) is 11.5 Å². The van der Waals surface area contributed by atoms with Gasteiger partial charge in [0, 0.05) is 18.0 Å². The van der Waals surface area contributed by atoms with E-state index in [-0.39, 0.29) is 10.8 Å². The Morgan fingerprint density at radius 3 is 2.12 bits per heavy atom. The van der Waals surface area contributed by atoms with Gasteiger partial charge in [0.05, 0.1) is 19.6 Å². The molecule has 148 valence electrons. The van der Waals surface area contributed by atoms with E-state index >= 15 is 0 Å². The summed E-state index contributed by atoms with van der Waals surface area (Å²) in [6.45, 7) is 9.12. The van der Waals surface area contributed by atoms with Crippen LogP contribution >= 0.6 is 0 Å². The molecule has 2 heterocycles. The number of rotatable bonds is 7. The second kappa shape index (κ2) is 8.35. The van der Waals surface area contributed by atoms with Crippen molar-refractivity contribution >= 4 is 0 Å². The molecule has 0 amide bonds. The summed E-state index contributed by atoms with van der Waals surface area (Å²) in [5.74, 6) is 2.29. The predicted molar refractivity (Wildman–Crippen MR) is 107 cm³/mol. The molecule has 0 aromatic rings. The number of ether oxygens (including phenoxy) is 2. The molecule has 1 aliphatic carbocycles. The summed E-state index contributed by atoms with van der Waals surface area (Å²) in [4.78, 5) is 2.71. The first-order chi connectivity index (χ1) is 12.6. The van der Waals surface area contributed by atoms with Crippen LogP contribution in [0.15, 0.2) is 23.7 Å².